The zero-order valence-corrected chi connectivity index (χ0v) is 50.8. The third kappa shape index (κ3) is 16.3. The predicted octanol–water partition coefficient (Wildman–Crippen LogP) is 9.86. The highest BCUT2D eigenvalue weighted by Gasteiger charge is 2.48. The molecule has 16 nitrogen and oxygen atoms in total. The average Bonchev–Trinajstić information content (AvgIpc) is 0.908. The van der Waals surface area contributed by atoms with Crippen LogP contribution in [0.5, 0.6) is 0 Å². The van der Waals surface area contributed by atoms with Crippen LogP contribution in [0.2, 0.25) is 0 Å². The van der Waals surface area contributed by atoms with E-state index in [1.165, 1.54) is 54.6 Å². The molecule has 5 aromatic carbocycles. The highest BCUT2D eigenvalue weighted by molar-refractivity contribution is 5.69. The Morgan fingerprint density at radius 1 is 0.457 bits per heavy atom. The Hall–Kier alpha value is -10.4. The number of piperazine rings is 2. The van der Waals surface area contributed by atoms with Crippen molar-refractivity contribution in [1.29, 1.82) is 15.8 Å². The van der Waals surface area contributed by atoms with Gasteiger partial charge in [0.25, 0.3) is 17.1 Å². The first-order valence-electron chi connectivity index (χ1n) is 29.4. The van der Waals surface area contributed by atoms with Gasteiger partial charge in [-0.05, 0) is 116 Å². The third-order valence-corrected chi connectivity index (χ3v) is 15.8. The van der Waals surface area contributed by atoms with Crippen molar-refractivity contribution in [3.05, 3.63) is 240 Å². The lowest BCUT2D eigenvalue weighted by Gasteiger charge is -2.50. The van der Waals surface area contributed by atoms with Gasteiger partial charge in [-0.25, -0.2) is 61.1 Å². The van der Waals surface area contributed by atoms with Gasteiger partial charge < -0.3 is 39.2 Å². The number of nitrogens with zero attached hydrogens (tertiary/aromatic N) is 13. The van der Waals surface area contributed by atoms with Crippen molar-refractivity contribution in [3.63, 3.8) is 0 Å². The Bertz CT molecular complexity index is 3960. The topological polar surface area (TPSA) is 139 Å². The van der Waals surface area contributed by atoms with E-state index in [-0.39, 0.29) is 59.1 Å². The smallest absolute Gasteiger partial charge is 0.274 e. The van der Waals surface area contributed by atoms with Crippen molar-refractivity contribution in [2.75, 3.05) is 93.7 Å². The number of morpholine rings is 2. The van der Waals surface area contributed by atoms with Crippen molar-refractivity contribution in [1.82, 2.24) is 19.6 Å². The molecule has 1 N–H and O–H groups in total. The van der Waals surface area contributed by atoms with Gasteiger partial charge in [0.2, 0.25) is 5.82 Å². The van der Waals surface area contributed by atoms with E-state index in [1.807, 2.05) is 88.4 Å². The van der Waals surface area contributed by atoms with E-state index >= 15 is 8.78 Å². The molecule has 0 aromatic heterocycles. The number of anilines is 3. The molecule has 4 heterocycles. The van der Waals surface area contributed by atoms with Crippen LogP contribution in [0.15, 0.2) is 156 Å². The second kappa shape index (κ2) is 31.4. The Kier molecular flexibility index (Phi) is 23.0. The van der Waals surface area contributed by atoms with Crippen LogP contribution in [0.1, 0.15) is 27.7 Å². The molecule has 4 unspecified atom stereocenters. The average molecular weight is 1250 g/mol. The Labute approximate surface area is 529 Å². The molecule has 5 aromatic rings. The molecule has 0 radical (unpaired) electrons. The van der Waals surface area contributed by atoms with Gasteiger partial charge in [-0.3, -0.25) is 9.80 Å². The third-order valence-electron chi connectivity index (χ3n) is 15.8. The van der Waals surface area contributed by atoms with Gasteiger partial charge in [0.15, 0.2) is 11.7 Å². The molecule has 0 amide bonds. The molecule has 23 heteroatoms. The lowest BCUT2D eigenvalue weighted by atomic mass is 9.89. The standard InChI is InChI=1S/C30H28F2N6.C22H26F4N4O2.C17H9FN4/c1-34-29(22-33)23-2-4-24(5-3-23)30(37-18-14-35(15-19-37)27-10-6-25(31)7-11-27)38-20-16-36(17-21-38)28-12-8-26(32)9-13-28;1-11-7-29(8-12(2)31-11)22(30-9-13(3)32-14(4)10-30)17-20(25)18(23)16(15(6-27)28-5)19(24)21(17)26;1-20-16(11-19)12-3-5-13(6-4-12)17(21-2)22-15-9-7-14(18)8-10-15/h2-13H,14-21H2;11-14,17,22H,7-10H2,1-4H3;3-10,22H. The van der Waals surface area contributed by atoms with E-state index in [1.54, 1.807) is 34.1 Å². The summed E-state index contributed by atoms with van der Waals surface area (Å²) in [6, 6.07) is 38.3. The minimum absolute atomic E-state index is 0.00223. The van der Waals surface area contributed by atoms with Gasteiger partial charge in [0, 0.05) is 95.1 Å². The Balaban J connectivity index is 0.000000184. The molecule has 0 saturated carbocycles. The number of halogens is 7. The SMILES string of the molecule is [C-]#[N+]C(C#N)=C1C(F)=C(F)C(C(N2CC(C)OC(C)C2)N2CC(C)OC(C)C2)C(F)=C1F.[C-]#[N+]C(C#N)=c1ccc(=C(N2CCN(c3ccc(F)cc3)CC2)N2CCN(c3ccc(F)cc3)CC2)cc1.[C-]#[N+]C(C#N)=c1ccc(=C([N+]#[C-])Nc2ccc(F)cc2)cc1. The maximum atomic E-state index is 15.4. The van der Waals surface area contributed by atoms with Gasteiger partial charge in [-0.15, -0.1) is 0 Å². The van der Waals surface area contributed by atoms with Crippen LogP contribution in [0.25, 0.3) is 42.4 Å². The first-order chi connectivity index (χ1) is 44.3. The molecule has 0 bridgehead atoms. The van der Waals surface area contributed by atoms with Crippen LogP contribution >= 0.6 is 0 Å². The number of nitrogens with one attached hydrogen (secondary N) is 1. The van der Waals surface area contributed by atoms with Crippen molar-refractivity contribution in [2.45, 2.75) is 58.3 Å². The van der Waals surface area contributed by atoms with E-state index in [2.05, 4.69) is 44.3 Å². The van der Waals surface area contributed by atoms with E-state index in [0.717, 1.165) is 74.8 Å². The lowest BCUT2D eigenvalue weighted by Crippen LogP contribution is -2.63. The zero-order chi connectivity index (χ0) is 66.2. The highest BCUT2D eigenvalue weighted by Crippen LogP contribution is 2.46. The maximum Gasteiger partial charge on any atom is 0.274 e. The molecule has 10 rings (SSSR count). The van der Waals surface area contributed by atoms with Crippen molar-refractivity contribution < 1.29 is 40.2 Å². The van der Waals surface area contributed by atoms with Crippen LogP contribution in [-0.4, -0.2) is 129 Å². The first-order valence-corrected chi connectivity index (χ1v) is 29.4. The molecule has 4 atom stereocenters. The van der Waals surface area contributed by atoms with E-state index in [9.17, 15) is 27.2 Å². The molecular weight excluding hydrogens is 1190 g/mol. The van der Waals surface area contributed by atoms with Crippen molar-refractivity contribution >= 4 is 40.1 Å². The quantitative estimate of drug-likeness (QED) is 0.0854. The Morgan fingerprint density at radius 3 is 1.13 bits per heavy atom. The normalized spacial score (nSPS) is 20.3. The van der Waals surface area contributed by atoms with Gasteiger partial charge in [-0.1, -0.05) is 55.1 Å². The summed E-state index contributed by atoms with van der Waals surface area (Å²) in [6.07, 6.45) is -2.06. The molecule has 4 fully saturated rings. The maximum absolute atomic E-state index is 15.4. The molecule has 0 spiro atoms. The fraction of sp³-hybridized carbons (Fsp3) is 0.319. The fourth-order valence-electron chi connectivity index (χ4n) is 11.8. The predicted molar refractivity (Wildman–Crippen MR) is 335 cm³/mol. The zero-order valence-electron chi connectivity index (χ0n) is 50.8. The number of hydrogen-bond donors (Lipinski definition) is 1. The van der Waals surface area contributed by atoms with Crippen LogP contribution in [0.3, 0.4) is 0 Å². The number of nitriles is 3. The number of hydrogen-bond acceptors (Lipinski definition) is 12. The number of allylic oxidation sites excluding steroid dienone is 4. The summed E-state index contributed by atoms with van der Waals surface area (Å²) in [7, 11) is 0. The highest BCUT2D eigenvalue weighted by atomic mass is 19.2. The molecule has 92 heavy (non-hydrogen) atoms. The number of ether oxygens (including phenoxy) is 2. The first kappa shape index (κ1) is 67.5. The summed E-state index contributed by atoms with van der Waals surface area (Å²) >= 11 is 0. The summed E-state index contributed by atoms with van der Waals surface area (Å²) in [4.78, 5) is 25.5. The van der Waals surface area contributed by atoms with Crippen LogP contribution in [-0.2, 0) is 9.47 Å². The molecular formula is C69H63F7N14O2. The van der Waals surface area contributed by atoms with E-state index in [4.69, 9.17) is 46.3 Å². The fourth-order valence-corrected chi connectivity index (χ4v) is 11.8. The van der Waals surface area contributed by atoms with E-state index < -0.39 is 46.7 Å². The summed E-state index contributed by atoms with van der Waals surface area (Å²) in [5, 5.41) is 32.8. The Morgan fingerprint density at radius 2 is 0.793 bits per heavy atom. The van der Waals surface area contributed by atoms with Gasteiger partial charge in [-0.2, -0.15) is 0 Å². The van der Waals surface area contributed by atoms with Gasteiger partial charge in [0.05, 0.1) is 80.0 Å². The van der Waals surface area contributed by atoms with Crippen molar-refractivity contribution in [3.8, 4) is 18.2 Å². The number of rotatable bonds is 9. The summed E-state index contributed by atoms with van der Waals surface area (Å²) in [5.74, 6) is -7.78. The summed E-state index contributed by atoms with van der Waals surface area (Å²) in [5.41, 5.74) is 0.415. The molecule has 5 aliphatic rings. The minimum Gasteiger partial charge on any atom is -0.373 e. The van der Waals surface area contributed by atoms with Gasteiger partial charge >= 0.3 is 0 Å². The summed E-state index contributed by atoms with van der Waals surface area (Å²) in [6.45, 7) is 43.3. The number of benzene rings is 5. The van der Waals surface area contributed by atoms with Crippen LogP contribution < -0.4 is 36.0 Å². The van der Waals surface area contributed by atoms with E-state index in [0.29, 0.717) is 47.5 Å². The monoisotopic (exact) mass is 1250 g/mol. The second-order valence-corrected chi connectivity index (χ2v) is 22.2. The van der Waals surface area contributed by atoms with Crippen LogP contribution in [0.4, 0.5) is 47.8 Å². The molecule has 1 aliphatic carbocycles. The summed E-state index contributed by atoms with van der Waals surface area (Å²) < 4.78 is 112. The molecule has 4 aliphatic heterocycles. The molecule has 470 valence electrons. The minimum atomic E-state index is -1.89. The van der Waals surface area contributed by atoms with Crippen LogP contribution in [0, 0.1) is 83.7 Å². The van der Waals surface area contributed by atoms with Gasteiger partial charge in [0.1, 0.15) is 40.6 Å². The lowest BCUT2D eigenvalue weighted by molar-refractivity contribution is -0.148. The molecule has 4 saturated heterocycles. The van der Waals surface area contributed by atoms with Crippen molar-refractivity contribution in [2.24, 2.45) is 5.92 Å². The second-order valence-electron chi connectivity index (χ2n) is 22.2. The largest absolute Gasteiger partial charge is 0.373 e.